The van der Waals surface area contributed by atoms with Gasteiger partial charge in [0.15, 0.2) is 5.76 Å². The summed E-state index contributed by atoms with van der Waals surface area (Å²) in [6, 6.07) is 7.73. The Labute approximate surface area is 173 Å². The number of methoxy groups -OCH3 is 2. The monoisotopic (exact) mass is 413 g/mol. The molecule has 2 aliphatic heterocycles. The number of nitrogens with zero attached hydrogens (tertiary/aromatic N) is 3. The van der Waals surface area contributed by atoms with Gasteiger partial charge in [0.2, 0.25) is 5.91 Å². The van der Waals surface area contributed by atoms with E-state index in [0.29, 0.717) is 49.1 Å². The Morgan fingerprint density at radius 1 is 1.07 bits per heavy atom. The molecule has 2 aromatic rings. The van der Waals surface area contributed by atoms with Gasteiger partial charge in [-0.1, -0.05) is 0 Å². The molecule has 0 spiro atoms. The highest BCUT2D eigenvalue weighted by molar-refractivity contribution is 6.23. The minimum atomic E-state index is -0.551. The number of anilines is 1. The van der Waals surface area contributed by atoms with Gasteiger partial charge < -0.3 is 18.8 Å². The highest BCUT2D eigenvalue weighted by Gasteiger charge is 2.44. The summed E-state index contributed by atoms with van der Waals surface area (Å²) in [5.74, 6) is 0.539. The number of furan rings is 1. The van der Waals surface area contributed by atoms with Gasteiger partial charge in [-0.2, -0.15) is 0 Å². The summed E-state index contributed by atoms with van der Waals surface area (Å²) in [5, 5.41) is 0. The molecule has 158 valence electrons. The SMILES string of the molecule is COc1ccc(N2C(=O)C[C@H](N3CCN(C(=O)c4ccco4)CC3)C2=O)c(OC)c1. The molecule has 2 fully saturated rings. The maximum Gasteiger partial charge on any atom is 0.289 e. The Hall–Kier alpha value is -3.33. The third-order valence-corrected chi connectivity index (χ3v) is 5.52. The first kappa shape index (κ1) is 20.0. The molecule has 0 radical (unpaired) electrons. The van der Waals surface area contributed by atoms with E-state index >= 15 is 0 Å². The smallest absolute Gasteiger partial charge is 0.289 e. The molecule has 0 saturated carbocycles. The predicted molar refractivity (Wildman–Crippen MR) is 107 cm³/mol. The van der Waals surface area contributed by atoms with E-state index < -0.39 is 6.04 Å². The second kappa shape index (κ2) is 8.19. The third-order valence-electron chi connectivity index (χ3n) is 5.52. The highest BCUT2D eigenvalue weighted by Crippen LogP contribution is 2.36. The Balaban J connectivity index is 1.46. The zero-order chi connectivity index (χ0) is 21.3. The predicted octanol–water partition coefficient (Wildman–Crippen LogP) is 1.39. The summed E-state index contributed by atoms with van der Waals surface area (Å²) in [4.78, 5) is 43.1. The van der Waals surface area contributed by atoms with E-state index in [2.05, 4.69) is 0 Å². The van der Waals surface area contributed by atoms with Crippen LogP contribution in [0.2, 0.25) is 0 Å². The number of amides is 3. The molecule has 4 rings (SSSR count). The van der Waals surface area contributed by atoms with Crippen LogP contribution in [0.1, 0.15) is 17.0 Å². The number of benzene rings is 1. The van der Waals surface area contributed by atoms with Crippen LogP contribution in [0.15, 0.2) is 41.0 Å². The Kier molecular flexibility index (Phi) is 5.45. The van der Waals surface area contributed by atoms with Crippen molar-refractivity contribution in [3.8, 4) is 11.5 Å². The van der Waals surface area contributed by atoms with E-state index in [1.165, 1.54) is 25.4 Å². The number of hydrogen-bond donors (Lipinski definition) is 0. The Morgan fingerprint density at radius 2 is 1.83 bits per heavy atom. The van der Waals surface area contributed by atoms with Gasteiger partial charge in [-0.25, -0.2) is 4.90 Å². The normalized spacial score (nSPS) is 20.0. The van der Waals surface area contributed by atoms with E-state index in [0.717, 1.165) is 0 Å². The largest absolute Gasteiger partial charge is 0.497 e. The molecule has 30 heavy (non-hydrogen) atoms. The van der Waals surface area contributed by atoms with Crippen LogP contribution in [0.5, 0.6) is 11.5 Å². The summed E-state index contributed by atoms with van der Waals surface area (Å²) in [5.41, 5.74) is 0.405. The lowest BCUT2D eigenvalue weighted by molar-refractivity contribution is -0.123. The Morgan fingerprint density at radius 3 is 2.47 bits per heavy atom. The standard InChI is InChI=1S/C21H23N3O6/c1-28-14-5-6-15(18(12-14)29-2)24-19(25)13-16(20(24)26)22-7-9-23(10-8-22)21(27)17-4-3-11-30-17/h3-6,11-12,16H,7-10,13H2,1-2H3/t16-/m0/s1. The number of imide groups is 1. The van der Waals surface area contributed by atoms with Crippen LogP contribution in [-0.4, -0.2) is 74.0 Å². The van der Waals surface area contributed by atoms with Gasteiger partial charge in [-0.05, 0) is 24.3 Å². The van der Waals surface area contributed by atoms with Gasteiger partial charge in [0.1, 0.15) is 11.5 Å². The summed E-state index contributed by atoms with van der Waals surface area (Å²) in [6.07, 6.45) is 1.56. The van der Waals surface area contributed by atoms with E-state index in [4.69, 9.17) is 13.9 Å². The first-order valence-electron chi connectivity index (χ1n) is 9.69. The molecule has 2 aliphatic rings. The van der Waals surface area contributed by atoms with Crippen LogP contribution < -0.4 is 14.4 Å². The molecule has 3 heterocycles. The number of rotatable bonds is 5. The quantitative estimate of drug-likeness (QED) is 0.684. The lowest BCUT2D eigenvalue weighted by Crippen LogP contribution is -2.53. The zero-order valence-corrected chi connectivity index (χ0v) is 16.9. The van der Waals surface area contributed by atoms with Gasteiger partial charge in [0.25, 0.3) is 11.8 Å². The first-order valence-corrected chi connectivity index (χ1v) is 9.69. The zero-order valence-electron chi connectivity index (χ0n) is 16.9. The molecule has 0 unspecified atom stereocenters. The fraction of sp³-hybridized carbons (Fsp3) is 0.381. The molecular formula is C21H23N3O6. The third kappa shape index (κ3) is 3.52. The van der Waals surface area contributed by atoms with Crippen LogP contribution in [0, 0.1) is 0 Å². The fourth-order valence-electron chi connectivity index (χ4n) is 3.92. The van der Waals surface area contributed by atoms with Crippen molar-refractivity contribution >= 4 is 23.4 Å². The Bertz CT molecular complexity index is 950. The van der Waals surface area contributed by atoms with Crippen molar-refractivity contribution in [3.63, 3.8) is 0 Å². The molecule has 2 saturated heterocycles. The molecule has 1 aromatic carbocycles. The molecule has 0 bridgehead atoms. The minimum Gasteiger partial charge on any atom is -0.497 e. The molecule has 9 nitrogen and oxygen atoms in total. The fourth-order valence-corrected chi connectivity index (χ4v) is 3.92. The number of hydrogen-bond acceptors (Lipinski definition) is 7. The summed E-state index contributed by atoms with van der Waals surface area (Å²) in [6.45, 7) is 1.93. The van der Waals surface area contributed by atoms with Crippen molar-refractivity contribution in [1.29, 1.82) is 0 Å². The first-order chi connectivity index (χ1) is 14.5. The van der Waals surface area contributed by atoms with Crippen molar-refractivity contribution in [2.75, 3.05) is 45.3 Å². The maximum atomic E-state index is 13.1. The molecular weight excluding hydrogens is 390 g/mol. The second-order valence-corrected chi connectivity index (χ2v) is 7.13. The van der Waals surface area contributed by atoms with Gasteiger partial charge >= 0.3 is 0 Å². The van der Waals surface area contributed by atoms with Crippen LogP contribution in [0.4, 0.5) is 5.69 Å². The van der Waals surface area contributed by atoms with E-state index in [-0.39, 0.29) is 24.1 Å². The average molecular weight is 413 g/mol. The van der Waals surface area contributed by atoms with Crippen LogP contribution in [0.25, 0.3) is 0 Å². The molecule has 0 N–H and O–H groups in total. The van der Waals surface area contributed by atoms with E-state index in [1.807, 2.05) is 4.90 Å². The van der Waals surface area contributed by atoms with Crippen molar-refractivity contribution in [3.05, 3.63) is 42.4 Å². The van der Waals surface area contributed by atoms with Crippen molar-refractivity contribution < 1.29 is 28.3 Å². The van der Waals surface area contributed by atoms with Crippen LogP contribution in [-0.2, 0) is 9.59 Å². The number of carbonyl (C=O) groups is 3. The van der Waals surface area contributed by atoms with Crippen LogP contribution >= 0.6 is 0 Å². The van der Waals surface area contributed by atoms with Gasteiger partial charge in [-0.3, -0.25) is 19.3 Å². The lowest BCUT2D eigenvalue weighted by Gasteiger charge is -2.36. The van der Waals surface area contributed by atoms with E-state index in [1.54, 1.807) is 35.2 Å². The minimum absolute atomic E-state index is 0.0974. The molecule has 1 aromatic heterocycles. The number of ether oxygens (including phenoxy) is 2. The maximum absolute atomic E-state index is 13.1. The van der Waals surface area contributed by atoms with Crippen molar-refractivity contribution in [2.45, 2.75) is 12.5 Å². The second-order valence-electron chi connectivity index (χ2n) is 7.13. The van der Waals surface area contributed by atoms with E-state index in [9.17, 15) is 14.4 Å². The number of piperazine rings is 1. The number of carbonyl (C=O) groups excluding carboxylic acids is 3. The summed E-state index contributed by atoms with van der Waals surface area (Å²) >= 11 is 0. The molecule has 9 heteroatoms. The van der Waals surface area contributed by atoms with Crippen molar-refractivity contribution in [1.82, 2.24) is 9.80 Å². The highest BCUT2D eigenvalue weighted by atomic mass is 16.5. The summed E-state index contributed by atoms with van der Waals surface area (Å²) < 4.78 is 15.7. The molecule has 3 amide bonds. The van der Waals surface area contributed by atoms with Crippen LogP contribution in [0.3, 0.4) is 0 Å². The van der Waals surface area contributed by atoms with Gasteiger partial charge in [0, 0.05) is 32.2 Å². The lowest BCUT2D eigenvalue weighted by atomic mass is 10.1. The molecule has 1 atom stereocenters. The summed E-state index contributed by atoms with van der Waals surface area (Å²) in [7, 11) is 3.02. The van der Waals surface area contributed by atoms with Gasteiger partial charge in [-0.15, -0.1) is 0 Å². The average Bonchev–Trinajstić information content (AvgIpc) is 3.41. The topological polar surface area (TPSA) is 92.5 Å². The van der Waals surface area contributed by atoms with Gasteiger partial charge in [0.05, 0.1) is 38.6 Å². The van der Waals surface area contributed by atoms with Crippen molar-refractivity contribution in [2.24, 2.45) is 0 Å². The molecule has 0 aliphatic carbocycles.